The van der Waals surface area contributed by atoms with E-state index >= 15 is 0 Å². The van der Waals surface area contributed by atoms with Crippen molar-refractivity contribution in [2.24, 2.45) is 5.73 Å². The normalized spacial score (nSPS) is 26.0. The zero-order chi connectivity index (χ0) is 14.9. The summed E-state index contributed by atoms with van der Waals surface area (Å²) in [6.45, 7) is 0. The maximum Gasteiger partial charge on any atom is 0.175 e. The predicted octanol–water partition coefficient (Wildman–Crippen LogP) is 4.96. The molecule has 2 atom stereocenters. The van der Waals surface area contributed by atoms with Gasteiger partial charge in [-0.2, -0.15) is 0 Å². The van der Waals surface area contributed by atoms with Crippen molar-refractivity contribution >= 4 is 34.9 Å². The molecule has 120 valence electrons. The molecular formula is C15H27N3S3. The van der Waals surface area contributed by atoms with Gasteiger partial charge in [0.05, 0.1) is 0 Å². The Balaban J connectivity index is 1.90. The zero-order valence-electron chi connectivity index (χ0n) is 12.9. The Morgan fingerprint density at radius 3 is 2.10 bits per heavy atom. The molecule has 2 rings (SSSR count). The molecule has 2 N–H and O–H groups in total. The molecule has 1 saturated carbocycles. The van der Waals surface area contributed by atoms with Crippen molar-refractivity contribution in [3.63, 3.8) is 0 Å². The van der Waals surface area contributed by atoms with E-state index in [1.165, 1.54) is 57.8 Å². The monoisotopic (exact) mass is 345 g/mol. The minimum atomic E-state index is 0.302. The van der Waals surface area contributed by atoms with Gasteiger partial charge in [0.25, 0.3) is 0 Å². The maximum absolute atomic E-state index is 6.48. The number of thioether (sulfide) groups is 2. The van der Waals surface area contributed by atoms with Gasteiger partial charge in [-0.3, -0.25) is 0 Å². The number of nitrogens with two attached hydrogens (primary N) is 1. The van der Waals surface area contributed by atoms with Gasteiger partial charge in [-0.15, -0.1) is 10.2 Å². The average Bonchev–Trinajstić information content (AvgIpc) is 2.94. The number of rotatable bonds is 3. The fourth-order valence-corrected chi connectivity index (χ4v) is 5.70. The molecule has 0 spiro atoms. The molecule has 0 saturated heterocycles. The largest absolute Gasteiger partial charge is 0.327 e. The van der Waals surface area contributed by atoms with E-state index in [0.29, 0.717) is 11.3 Å². The van der Waals surface area contributed by atoms with Gasteiger partial charge in [0.15, 0.2) is 8.68 Å². The lowest BCUT2D eigenvalue weighted by Crippen LogP contribution is -2.32. The van der Waals surface area contributed by atoms with Crippen LogP contribution in [0, 0.1) is 0 Å². The van der Waals surface area contributed by atoms with E-state index in [1.54, 1.807) is 23.1 Å². The first-order valence-electron chi connectivity index (χ1n) is 8.09. The van der Waals surface area contributed by atoms with Crippen LogP contribution < -0.4 is 5.73 Å². The first-order chi connectivity index (χ1) is 10.3. The van der Waals surface area contributed by atoms with Crippen molar-refractivity contribution in [2.75, 3.05) is 6.26 Å². The summed E-state index contributed by atoms with van der Waals surface area (Å²) >= 11 is 5.24. The van der Waals surface area contributed by atoms with Crippen LogP contribution in [-0.4, -0.2) is 27.7 Å². The summed E-state index contributed by atoms with van der Waals surface area (Å²) < 4.78 is 2.14. The minimum absolute atomic E-state index is 0.302. The fraction of sp³-hybridized carbons (Fsp3) is 0.867. The Morgan fingerprint density at radius 1 is 0.905 bits per heavy atom. The molecule has 2 unspecified atom stereocenters. The molecule has 1 heterocycles. The van der Waals surface area contributed by atoms with Gasteiger partial charge in [-0.1, -0.05) is 86.2 Å². The van der Waals surface area contributed by atoms with E-state index < -0.39 is 0 Å². The summed E-state index contributed by atoms with van der Waals surface area (Å²) in [6, 6.07) is 0.302. The van der Waals surface area contributed by atoms with Crippen molar-refractivity contribution < 1.29 is 0 Å². The highest BCUT2D eigenvalue weighted by Gasteiger charge is 2.21. The fourth-order valence-electron chi connectivity index (χ4n) is 2.79. The van der Waals surface area contributed by atoms with Crippen LogP contribution in [0.2, 0.25) is 0 Å². The third-order valence-corrected chi connectivity index (χ3v) is 7.47. The Kier molecular flexibility index (Phi) is 8.44. The topological polar surface area (TPSA) is 51.8 Å². The average molecular weight is 346 g/mol. The highest BCUT2D eigenvalue weighted by Crippen LogP contribution is 2.34. The van der Waals surface area contributed by atoms with Crippen LogP contribution in [0.5, 0.6) is 0 Å². The van der Waals surface area contributed by atoms with Crippen LogP contribution in [0.4, 0.5) is 0 Å². The molecular weight excluding hydrogens is 318 g/mol. The molecule has 6 heteroatoms. The number of hydrogen-bond acceptors (Lipinski definition) is 6. The number of nitrogens with zero attached hydrogens (tertiary/aromatic N) is 2. The van der Waals surface area contributed by atoms with E-state index in [0.717, 1.165) is 15.1 Å². The van der Waals surface area contributed by atoms with Crippen molar-refractivity contribution in [2.45, 2.75) is 84.2 Å². The quantitative estimate of drug-likeness (QED) is 0.784. The van der Waals surface area contributed by atoms with E-state index in [4.69, 9.17) is 5.73 Å². The van der Waals surface area contributed by atoms with Gasteiger partial charge in [0.2, 0.25) is 0 Å². The second-order valence-electron chi connectivity index (χ2n) is 5.76. The predicted molar refractivity (Wildman–Crippen MR) is 95.5 cm³/mol. The molecule has 0 radical (unpaired) electrons. The Hall–Kier alpha value is 0.220. The van der Waals surface area contributed by atoms with Crippen molar-refractivity contribution in [1.29, 1.82) is 0 Å². The van der Waals surface area contributed by atoms with Gasteiger partial charge in [0.1, 0.15) is 0 Å². The van der Waals surface area contributed by atoms with Gasteiger partial charge in [0, 0.05) is 11.3 Å². The number of hydrogen-bond donors (Lipinski definition) is 1. The minimum Gasteiger partial charge on any atom is -0.327 e. The molecule has 0 bridgehead atoms. The first kappa shape index (κ1) is 17.6. The van der Waals surface area contributed by atoms with Crippen LogP contribution in [0.3, 0.4) is 0 Å². The third-order valence-electron chi connectivity index (χ3n) is 4.07. The van der Waals surface area contributed by atoms with E-state index in [-0.39, 0.29) is 0 Å². The van der Waals surface area contributed by atoms with Crippen molar-refractivity contribution in [1.82, 2.24) is 10.2 Å². The molecule has 1 aliphatic carbocycles. The zero-order valence-corrected chi connectivity index (χ0v) is 15.4. The van der Waals surface area contributed by atoms with Crippen LogP contribution in [0.15, 0.2) is 8.68 Å². The summed E-state index contributed by atoms with van der Waals surface area (Å²) in [5, 5.41) is 9.00. The van der Waals surface area contributed by atoms with Crippen LogP contribution >= 0.6 is 34.9 Å². The lowest BCUT2D eigenvalue weighted by Gasteiger charge is -2.23. The molecule has 1 aliphatic rings. The first-order valence-corrected chi connectivity index (χ1v) is 11.0. The molecule has 1 fully saturated rings. The second-order valence-corrected chi connectivity index (χ2v) is 9.28. The molecule has 0 aliphatic heterocycles. The SMILES string of the molecule is CSc1nnc(SC2CCCCCCCCCCC2N)s1. The Bertz CT molecular complexity index is 397. The third kappa shape index (κ3) is 6.47. The number of aromatic nitrogens is 2. The van der Waals surface area contributed by atoms with Crippen LogP contribution in [0.1, 0.15) is 64.2 Å². The second kappa shape index (κ2) is 10.1. The van der Waals surface area contributed by atoms with Gasteiger partial charge in [-0.25, -0.2) is 0 Å². The summed E-state index contributed by atoms with van der Waals surface area (Å²) in [5.74, 6) is 0. The smallest absolute Gasteiger partial charge is 0.175 e. The van der Waals surface area contributed by atoms with Gasteiger partial charge < -0.3 is 5.73 Å². The molecule has 1 aromatic rings. The highest BCUT2D eigenvalue weighted by atomic mass is 32.2. The van der Waals surface area contributed by atoms with E-state index in [2.05, 4.69) is 16.5 Å². The van der Waals surface area contributed by atoms with Crippen LogP contribution in [0.25, 0.3) is 0 Å². The molecule has 0 aromatic carbocycles. The lowest BCUT2D eigenvalue weighted by molar-refractivity contribution is 0.473. The summed E-state index contributed by atoms with van der Waals surface area (Å²) in [5.41, 5.74) is 6.48. The Labute approximate surface area is 141 Å². The highest BCUT2D eigenvalue weighted by molar-refractivity contribution is 8.03. The van der Waals surface area contributed by atoms with Crippen molar-refractivity contribution in [3.8, 4) is 0 Å². The molecule has 21 heavy (non-hydrogen) atoms. The summed E-state index contributed by atoms with van der Waals surface area (Å²) in [4.78, 5) is 0. The Morgan fingerprint density at radius 2 is 1.48 bits per heavy atom. The molecule has 1 aromatic heterocycles. The molecule has 3 nitrogen and oxygen atoms in total. The standard InChI is InChI=1S/C15H27N3S3/c1-19-14-17-18-15(21-14)20-13-11-9-7-5-3-2-4-6-8-10-12(13)16/h12-13H,2-11,16H2,1H3. The van der Waals surface area contributed by atoms with Gasteiger partial charge >= 0.3 is 0 Å². The molecule has 0 amide bonds. The lowest BCUT2D eigenvalue weighted by atomic mass is 9.98. The maximum atomic E-state index is 6.48. The van der Waals surface area contributed by atoms with E-state index in [1.807, 2.05) is 11.8 Å². The summed E-state index contributed by atoms with van der Waals surface area (Å²) in [7, 11) is 0. The van der Waals surface area contributed by atoms with Crippen molar-refractivity contribution in [3.05, 3.63) is 0 Å². The summed E-state index contributed by atoms with van der Waals surface area (Å²) in [6.07, 6.45) is 15.3. The van der Waals surface area contributed by atoms with Crippen LogP contribution in [-0.2, 0) is 0 Å². The van der Waals surface area contributed by atoms with Gasteiger partial charge in [-0.05, 0) is 19.1 Å². The van der Waals surface area contributed by atoms with E-state index in [9.17, 15) is 0 Å².